The third kappa shape index (κ3) is 1.65. The fourth-order valence-corrected chi connectivity index (χ4v) is 1.23. The molecule has 0 fully saturated rings. The summed E-state index contributed by atoms with van der Waals surface area (Å²) in [5.74, 6) is 0.767. The SMILES string of the molecule is Cc1cc(C(O)c2cnccn2)co1. The molecule has 72 valence electrons. The van der Waals surface area contributed by atoms with Crippen LogP contribution >= 0.6 is 0 Å². The highest BCUT2D eigenvalue weighted by atomic mass is 16.3. The second-order valence-electron chi connectivity index (χ2n) is 3.02. The van der Waals surface area contributed by atoms with Gasteiger partial charge >= 0.3 is 0 Å². The Morgan fingerprint density at radius 3 is 2.86 bits per heavy atom. The molecule has 0 spiro atoms. The summed E-state index contributed by atoms with van der Waals surface area (Å²) >= 11 is 0. The van der Waals surface area contributed by atoms with E-state index < -0.39 is 6.10 Å². The highest BCUT2D eigenvalue weighted by molar-refractivity contribution is 5.22. The zero-order valence-electron chi connectivity index (χ0n) is 7.71. The van der Waals surface area contributed by atoms with Gasteiger partial charge in [0.1, 0.15) is 11.9 Å². The second kappa shape index (κ2) is 3.59. The Morgan fingerprint density at radius 2 is 2.29 bits per heavy atom. The van der Waals surface area contributed by atoms with E-state index in [1.807, 2.05) is 6.92 Å². The van der Waals surface area contributed by atoms with Gasteiger partial charge in [-0.3, -0.25) is 9.97 Å². The van der Waals surface area contributed by atoms with Crippen LogP contribution in [0.5, 0.6) is 0 Å². The average Bonchev–Trinajstić information content (AvgIpc) is 2.65. The van der Waals surface area contributed by atoms with Gasteiger partial charge in [-0.1, -0.05) is 0 Å². The first kappa shape index (κ1) is 8.90. The van der Waals surface area contributed by atoms with Crippen molar-refractivity contribution in [2.24, 2.45) is 0 Å². The topological polar surface area (TPSA) is 59.2 Å². The Hall–Kier alpha value is -1.68. The highest BCUT2D eigenvalue weighted by Gasteiger charge is 2.13. The first-order valence-electron chi connectivity index (χ1n) is 4.26. The fraction of sp³-hybridized carbons (Fsp3) is 0.200. The van der Waals surface area contributed by atoms with Crippen LogP contribution < -0.4 is 0 Å². The summed E-state index contributed by atoms with van der Waals surface area (Å²) < 4.78 is 5.10. The molecule has 2 heterocycles. The molecule has 4 heteroatoms. The normalized spacial score (nSPS) is 12.7. The highest BCUT2D eigenvalue weighted by Crippen LogP contribution is 2.20. The maximum atomic E-state index is 9.84. The van der Waals surface area contributed by atoms with Gasteiger partial charge in [-0.05, 0) is 13.0 Å². The van der Waals surface area contributed by atoms with Gasteiger partial charge in [0.25, 0.3) is 0 Å². The largest absolute Gasteiger partial charge is 0.469 e. The molecule has 1 unspecified atom stereocenters. The van der Waals surface area contributed by atoms with Crippen LogP contribution in [0.3, 0.4) is 0 Å². The number of aliphatic hydroxyl groups is 1. The molecule has 4 nitrogen and oxygen atoms in total. The lowest BCUT2D eigenvalue weighted by Crippen LogP contribution is -2.00. The lowest BCUT2D eigenvalue weighted by molar-refractivity contribution is 0.214. The molecule has 0 bridgehead atoms. The van der Waals surface area contributed by atoms with Gasteiger partial charge in [-0.25, -0.2) is 0 Å². The van der Waals surface area contributed by atoms with Gasteiger partial charge in [0.05, 0.1) is 18.2 Å². The number of furan rings is 1. The molecule has 1 atom stereocenters. The average molecular weight is 190 g/mol. The maximum Gasteiger partial charge on any atom is 0.126 e. The number of hydrogen-bond donors (Lipinski definition) is 1. The summed E-state index contributed by atoms with van der Waals surface area (Å²) in [4.78, 5) is 7.90. The Balaban J connectivity index is 2.29. The van der Waals surface area contributed by atoms with Crippen molar-refractivity contribution >= 4 is 0 Å². The van der Waals surface area contributed by atoms with E-state index >= 15 is 0 Å². The Morgan fingerprint density at radius 1 is 1.43 bits per heavy atom. The quantitative estimate of drug-likeness (QED) is 0.778. The van der Waals surface area contributed by atoms with Crippen molar-refractivity contribution in [2.75, 3.05) is 0 Å². The van der Waals surface area contributed by atoms with Crippen molar-refractivity contribution in [3.63, 3.8) is 0 Å². The monoisotopic (exact) mass is 190 g/mol. The Bertz CT molecular complexity index is 411. The van der Waals surface area contributed by atoms with Gasteiger partial charge < -0.3 is 9.52 Å². The zero-order chi connectivity index (χ0) is 9.97. The van der Waals surface area contributed by atoms with Gasteiger partial charge in [0.2, 0.25) is 0 Å². The molecule has 0 aliphatic heterocycles. The summed E-state index contributed by atoms with van der Waals surface area (Å²) in [7, 11) is 0. The molecule has 14 heavy (non-hydrogen) atoms. The van der Waals surface area contributed by atoms with Crippen molar-refractivity contribution in [3.05, 3.63) is 47.9 Å². The number of aryl methyl sites for hydroxylation is 1. The molecule has 2 rings (SSSR count). The lowest BCUT2D eigenvalue weighted by Gasteiger charge is -2.05. The van der Waals surface area contributed by atoms with E-state index in [2.05, 4.69) is 9.97 Å². The van der Waals surface area contributed by atoms with Gasteiger partial charge in [-0.15, -0.1) is 0 Å². The molecule has 0 amide bonds. The van der Waals surface area contributed by atoms with Crippen LogP contribution in [0.25, 0.3) is 0 Å². The minimum absolute atomic E-state index is 0.522. The number of nitrogens with zero attached hydrogens (tertiary/aromatic N) is 2. The maximum absolute atomic E-state index is 9.84. The summed E-state index contributed by atoms with van der Waals surface area (Å²) in [5, 5.41) is 9.84. The van der Waals surface area contributed by atoms with Gasteiger partial charge in [0, 0.05) is 18.0 Å². The van der Waals surface area contributed by atoms with E-state index in [1.165, 1.54) is 12.5 Å². The number of aromatic nitrogens is 2. The van der Waals surface area contributed by atoms with Crippen molar-refractivity contribution in [1.82, 2.24) is 9.97 Å². The minimum Gasteiger partial charge on any atom is -0.469 e. The molecule has 1 N–H and O–H groups in total. The lowest BCUT2D eigenvalue weighted by atomic mass is 10.1. The van der Waals surface area contributed by atoms with E-state index in [4.69, 9.17) is 4.42 Å². The summed E-state index contributed by atoms with van der Waals surface area (Å²) in [6.07, 6.45) is 5.41. The van der Waals surface area contributed by atoms with Crippen molar-refractivity contribution in [3.8, 4) is 0 Å². The van der Waals surface area contributed by atoms with Crippen LogP contribution in [0, 0.1) is 6.92 Å². The summed E-state index contributed by atoms with van der Waals surface area (Å²) in [6.45, 7) is 1.83. The van der Waals surface area contributed by atoms with E-state index in [-0.39, 0.29) is 0 Å². The van der Waals surface area contributed by atoms with E-state index in [0.717, 1.165) is 5.76 Å². The molecular formula is C10H10N2O2. The molecular weight excluding hydrogens is 180 g/mol. The molecule has 0 aliphatic rings. The van der Waals surface area contributed by atoms with Crippen LogP contribution in [0.4, 0.5) is 0 Å². The zero-order valence-corrected chi connectivity index (χ0v) is 7.71. The smallest absolute Gasteiger partial charge is 0.126 e. The fourth-order valence-electron chi connectivity index (χ4n) is 1.23. The minimum atomic E-state index is -0.763. The number of aliphatic hydroxyl groups excluding tert-OH is 1. The van der Waals surface area contributed by atoms with Crippen molar-refractivity contribution in [1.29, 1.82) is 0 Å². The first-order valence-corrected chi connectivity index (χ1v) is 4.26. The molecule has 0 saturated heterocycles. The second-order valence-corrected chi connectivity index (χ2v) is 3.02. The number of hydrogen-bond acceptors (Lipinski definition) is 4. The molecule has 0 radical (unpaired) electrons. The molecule has 0 aromatic carbocycles. The first-order chi connectivity index (χ1) is 6.77. The third-order valence-corrected chi connectivity index (χ3v) is 1.93. The summed E-state index contributed by atoms with van der Waals surface area (Å²) in [6, 6.07) is 1.78. The summed E-state index contributed by atoms with van der Waals surface area (Å²) in [5.41, 5.74) is 1.22. The number of rotatable bonds is 2. The van der Waals surface area contributed by atoms with Gasteiger partial charge in [-0.2, -0.15) is 0 Å². The van der Waals surface area contributed by atoms with Gasteiger partial charge in [0.15, 0.2) is 0 Å². The molecule has 2 aromatic heterocycles. The van der Waals surface area contributed by atoms with Crippen LogP contribution in [-0.4, -0.2) is 15.1 Å². The molecule has 2 aromatic rings. The van der Waals surface area contributed by atoms with Crippen LogP contribution in [0.2, 0.25) is 0 Å². The van der Waals surface area contributed by atoms with Crippen molar-refractivity contribution in [2.45, 2.75) is 13.0 Å². The predicted molar refractivity (Wildman–Crippen MR) is 49.5 cm³/mol. The van der Waals surface area contributed by atoms with Crippen molar-refractivity contribution < 1.29 is 9.52 Å². The van der Waals surface area contributed by atoms with E-state index in [0.29, 0.717) is 11.3 Å². The Labute approximate surface area is 81.2 Å². The predicted octanol–water partition coefficient (Wildman–Crippen LogP) is 1.46. The van der Waals surface area contributed by atoms with Crippen LogP contribution in [0.15, 0.2) is 35.3 Å². The van der Waals surface area contributed by atoms with Crippen LogP contribution in [0.1, 0.15) is 23.1 Å². The standard InChI is InChI=1S/C10H10N2O2/c1-7-4-8(6-14-7)10(13)9-5-11-2-3-12-9/h2-6,10,13H,1H3. The molecule has 0 saturated carbocycles. The van der Waals surface area contributed by atoms with Crippen LogP contribution in [-0.2, 0) is 0 Å². The molecule has 0 aliphatic carbocycles. The third-order valence-electron chi connectivity index (χ3n) is 1.93. The van der Waals surface area contributed by atoms with E-state index in [1.54, 1.807) is 18.5 Å². The van der Waals surface area contributed by atoms with E-state index in [9.17, 15) is 5.11 Å². The Kier molecular flexibility index (Phi) is 2.28.